The highest BCUT2D eigenvalue weighted by molar-refractivity contribution is 6.62. The maximum Gasteiger partial charge on any atom is 0.489 e. The van der Waals surface area contributed by atoms with Crippen molar-refractivity contribution in [2.45, 2.75) is 19.3 Å². The molecule has 0 saturated heterocycles. The fourth-order valence-electron chi connectivity index (χ4n) is 4.67. The molecule has 0 bridgehead atoms. The summed E-state index contributed by atoms with van der Waals surface area (Å²) in [7, 11) is -1.48. The molecule has 2 nitrogen and oxygen atoms in total. The lowest BCUT2D eigenvalue weighted by molar-refractivity contribution is 0.426. The van der Waals surface area contributed by atoms with Crippen LogP contribution >= 0.6 is 0 Å². The van der Waals surface area contributed by atoms with Gasteiger partial charge in [0.05, 0.1) is 0 Å². The van der Waals surface area contributed by atoms with E-state index in [-0.39, 0.29) is 5.41 Å². The van der Waals surface area contributed by atoms with Crippen LogP contribution in [0, 0.1) is 0 Å². The normalized spacial score (nSPS) is 14.0. The number of fused-ring (bicyclic) bond motifs is 4. The van der Waals surface area contributed by atoms with Crippen LogP contribution in [0.5, 0.6) is 0 Å². The van der Waals surface area contributed by atoms with Crippen molar-refractivity contribution in [3.8, 4) is 22.3 Å². The van der Waals surface area contributed by atoms with Gasteiger partial charge in [-0.05, 0) is 55.7 Å². The molecular formula is C25H21BO2. The van der Waals surface area contributed by atoms with E-state index in [4.69, 9.17) is 0 Å². The van der Waals surface area contributed by atoms with E-state index in [2.05, 4.69) is 56.3 Å². The number of rotatable bonds is 2. The van der Waals surface area contributed by atoms with Crippen LogP contribution in [0.25, 0.3) is 33.0 Å². The van der Waals surface area contributed by atoms with E-state index in [0.717, 1.165) is 21.9 Å². The molecule has 0 aromatic heterocycles. The molecule has 3 heteroatoms. The summed E-state index contributed by atoms with van der Waals surface area (Å²) >= 11 is 0. The summed E-state index contributed by atoms with van der Waals surface area (Å²) in [5, 5.41) is 21.4. The minimum atomic E-state index is -1.48. The van der Waals surface area contributed by atoms with E-state index < -0.39 is 7.12 Å². The monoisotopic (exact) mass is 364 g/mol. The van der Waals surface area contributed by atoms with E-state index in [1.165, 1.54) is 22.3 Å². The Morgan fingerprint density at radius 1 is 0.643 bits per heavy atom. The summed E-state index contributed by atoms with van der Waals surface area (Å²) in [6.45, 7) is 4.57. The quantitative estimate of drug-likeness (QED) is 0.515. The average Bonchev–Trinajstić information content (AvgIpc) is 2.94. The van der Waals surface area contributed by atoms with Crippen LogP contribution in [0.2, 0.25) is 0 Å². The van der Waals surface area contributed by atoms with Gasteiger partial charge in [-0.25, -0.2) is 0 Å². The summed E-state index contributed by atoms with van der Waals surface area (Å²) in [4.78, 5) is 0. The second-order valence-electron chi connectivity index (χ2n) is 8.05. The maximum absolute atomic E-state index is 9.73. The first-order chi connectivity index (χ1) is 13.5. The lowest BCUT2D eigenvalue weighted by Gasteiger charge is -2.22. The van der Waals surface area contributed by atoms with Crippen LogP contribution in [0.3, 0.4) is 0 Å². The molecule has 0 fully saturated rings. The van der Waals surface area contributed by atoms with Crippen LogP contribution < -0.4 is 5.46 Å². The molecule has 0 amide bonds. The molecule has 4 aromatic carbocycles. The Labute approximate surface area is 165 Å². The minimum absolute atomic E-state index is 0.0427. The molecule has 0 spiro atoms. The smallest absolute Gasteiger partial charge is 0.423 e. The molecule has 0 saturated carbocycles. The first kappa shape index (κ1) is 17.2. The van der Waals surface area contributed by atoms with E-state index in [1.807, 2.05) is 36.4 Å². The molecule has 5 rings (SSSR count). The fraction of sp³-hybridized carbons (Fsp3) is 0.120. The third kappa shape index (κ3) is 2.37. The van der Waals surface area contributed by atoms with Crippen LogP contribution in [-0.4, -0.2) is 17.2 Å². The molecule has 1 aliphatic carbocycles. The first-order valence-electron chi connectivity index (χ1n) is 9.61. The van der Waals surface area contributed by atoms with Crippen molar-refractivity contribution >= 4 is 23.4 Å². The van der Waals surface area contributed by atoms with Gasteiger partial charge in [-0.2, -0.15) is 0 Å². The molecule has 0 unspecified atom stereocenters. The van der Waals surface area contributed by atoms with Gasteiger partial charge in [0.2, 0.25) is 0 Å². The molecule has 0 aliphatic heterocycles. The second-order valence-corrected chi connectivity index (χ2v) is 8.05. The van der Waals surface area contributed by atoms with Gasteiger partial charge < -0.3 is 10.0 Å². The summed E-state index contributed by atoms with van der Waals surface area (Å²) in [6.07, 6.45) is 0. The molecule has 0 heterocycles. The van der Waals surface area contributed by atoms with E-state index in [0.29, 0.717) is 5.46 Å². The van der Waals surface area contributed by atoms with Crippen molar-refractivity contribution in [3.63, 3.8) is 0 Å². The zero-order valence-electron chi connectivity index (χ0n) is 16.0. The Bertz CT molecular complexity index is 1220. The van der Waals surface area contributed by atoms with Crippen molar-refractivity contribution in [2.24, 2.45) is 0 Å². The van der Waals surface area contributed by atoms with Gasteiger partial charge >= 0.3 is 7.12 Å². The number of benzene rings is 4. The minimum Gasteiger partial charge on any atom is -0.423 e. The van der Waals surface area contributed by atoms with Gasteiger partial charge in [-0.1, -0.05) is 86.6 Å². The molecule has 4 aromatic rings. The van der Waals surface area contributed by atoms with Gasteiger partial charge in [-0.15, -0.1) is 0 Å². The standard InChI is InChI=1S/C25H21BO2/c1-25(2)22-10-6-5-8-19(22)20-12-11-16(15-23(20)25)17-13-14-24(26(27)28)21-9-4-3-7-18(17)21/h3-15,27-28H,1-2H3. The predicted molar refractivity (Wildman–Crippen MR) is 117 cm³/mol. The fourth-order valence-corrected chi connectivity index (χ4v) is 4.67. The highest BCUT2D eigenvalue weighted by atomic mass is 16.4. The zero-order chi connectivity index (χ0) is 19.5. The zero-order valence-corrected chi connectivity index (χ0v) is 16.0. The highest BCUT2D eigenvalue weighted by Gasteiger charge is 2.35. The third-order valence-corrected chi connectivity index (χ3v) is 6.13. The number of hydrogen-bond donors (Lipinski definition) is 2. The molecule has 1 aliphatic rings. The van der Waals surface area contributed by atoms with Gasteiger partial charge in [-0.3, -0.25) is 0 Å². The summed E-state index contributed by atoms with van der Waals surface area (Å²) in [6, 6.07) is 27.1. The van der Waals surface area contributed by atoms with Crippen LogP contribution in [0.4, 0.5) is 0 Å². The lowest BCUT2D eigenvalue weighted by Crippen LogP contribution is -2.30. The SMILES string of the molecule is CC1(C)c2ccccc2-c2ccc(-c3ccc(B(O)O)c4ccccc34)cc21. The number of hydrogen-bond acceptors (Lipinski definition) is 2. The summed E-state index contributed by atoms with van der Waals surface area (Å²) in [5.41, 5.74) is 8.07. The average molecular weight is 364 g/mol. The molecule has 2 N–H and O–H groups in total. The summed E-state index contributed by atoms with van der Waals surface area (Å²) < 4.78 is 0. The van der Waals surface area contributed by atoms with E-state index >= 15 is 0 Å². The van der Waals surface area contributed by atoms with Crippen LogP contribution in [0.1, 0.15) is 25.0 Å². The molecule has 136 valence electrons. The van der Waals surface area contributed by atoms with E-state index in [1.54, 1.807) is 0 Å². The Balaban J connectivity index is 1.74. The van der Waals surface area contributed by atoms with Gasteiger partial charge in [0.25, 0.3) is 0 Å². The maximum atomic E-state index is 9.73. The molecular weight excluding hydrogens is 343 g/mol. The largest absolute Gasteiger partial charge is 0.489 e. The van der Waals surface area contributed by atoms with Crippen molar-refractivity contribution in [1.82, 2.24) is 0 Å². The Kier molecular flexibility index (Phi) is 3.73. The molecule has 0 atom stereocenters. The predicted octanol–water partition coefficient (Wildman–Crippen LogP) is 4.49. The lowest BCUT2D eigenvalue weighted by atomic mass is 9.75. The van der Waals surface area contributed by atoms with Gasteiger partial charge in [0.1, 0.15) is 0 Å². The van der Waals surface area contributed by atoms with Crippen LogP contribution in [-0.2, 0) is 5.41 Å². The summed E-state index contributed by atoms with van der Waals surface area (Å²) in [5.74, 6) is 0. The Morgan fingerprint density at radius 3 is 2.07 bits per heavy atom. The first-order valence-corrected chi connectivity index (χ1v) is 9.61. The van der Waals surface area contributed by atoms with Crippen molar-refractivity contribution in [2.75, 3.05) is 0 Å². The van der Waals surface area contributed by atoms with Crippen LogP contribution in [0.15, 0.2) is 78.9 Å². The van der Waals surface area contributed by atoms with Crippen molar-refractivity contribution in [3.05, 3.63) is 90.0 Å². The van der Waals surface area contributed by atoms with Crippen molar-refractivity contribution in [1.29, 1.82) is 0 Å². The molecule has 0 radical (unpaired) electrons. The third-order valence-electron chi connectivity index (χ3n) is 6.13. The second kappa shape index (κ2) is 6.06. The Morgan fingerprint density at radius 2 is 1.29 bits per heavy atom. The topological polar surface area (TPSA) is 40.5 Å². The van der Waals surface area contributed by atoms with Gasteiger partial charge in [0.15, 0.2) is 0 Å². The Hall–Kier alpha value is -2.88. The van der Waals surface area contributed by atoms with Gasteiger partial charge in [0, 0.05) is 5.41 Å². The molecule has 28 heavy (non-hydrogen) atoms. The van der Waals surface area contributed by atoms with Crippen molar-refractivity contribution < 1.29 is 10.0 Å². The van der Waals surface area contributed by atoms with E-state index in [9.17, 15) is 10.0 Å². The highest BCUT2D eigenvalue weighted by Crippen LogP contribution is 2.49.